The summed E-state index contributed by atoms with van der Waals surface area (Å²) in [6.45, 7) is 8.15. The standard InChI is InChI=1S/C11H17N5/c1-2-15-5-11(6-15)7-16(8-11)9-3-10(12)14-13-4-9/h3-4H,2,5-8H2,1H3,(H2,12,14). The summed E-state index contributed by atoms with van der Waals surface area (Å²) in [5, 5.41) is 7.65. The molecule has 0 saturated carbocycles. The summed E-state index contributed by atoms with van der Waals surface area (Å²) in [5.41, 5.74) is 7.28. The molecule has 1 aromatic rings. The van der Waals surface area contributed by atoms with Crippen LogP contribution in [0.1, 0.15) is 6.92 Å². The molecular weight excluding hydrogens is 202 g/mol. The molecule has 0 aliphatic carbocycles. The molecule has 1 aromatic heterocycles. The van der Waals surface area contributed by atoms with Crippen molar-refractivity contribution in [3.63, 3.8) is 0 Å². The molecule has 2 aliphatic heterocycles. The van der Waals surface area contributed by atoms with Gasteiger partial charge in [0.15, 0.2) is 0 Å². The van der Waals surface area contributed by atoms with Crippen LogP contribution in [0.4, 0.5) is 11.5 Å². The number of likely N-dealkylation sites (tertiary alicyclic amines) is 1. The lowest BCUT2D eigenvalue weighted by molar-refractivity contribution is -0.0178. The molecule has 16 heavy (non-hydrogen) atoms. The van der Waals surface area contributed by atoms with Gasteiger partial charge in [-0.1, -0.05) is 6.92 Å². The Morgan fingerprint density at radius 2 is 2.12 bits per heavy atom. The third-order valence-corrected chi connectivity index (χ3v) is 3.64. The van der Waals surface area contributed by atoms with Gasteiger partial charge in [-0.2, -0.15) is 5.10 Å². The van der Waals surface area contributed by atoms with E-state index in [-0.39, 0.29) is 0 Å². The van der Waals surface area contributed by atoms with Crippen molar-refractivity contribution in [2.75, 3.05) is 43.4 Å². The SMILES string of the molecule is CCN1CC2(C1)CN(c1cnnc(N)c1)C2. The molecule has 5 heteroatoms. The lowest BCUT2D eigenvalue weighted by Crippen LogP contribution is -2.72. The van der Waals surface area contributed by atoms with Gasteiger partial charge in [0.05, 0.1) is 11.9 Å². The van der Waals surface area contributed by atoms with Crippen LogP contribution in [0.5, 0.6) is 0 Å². The fraction of sp³-hybridized carbons (Fsp3) is 0.636. The molecule has 0 amide bonds. The molecule has 3 heterocycles. The fourth-order valence-electron chi connectivity index (χ4n) is 2.82. The van der Waals surface area contributed by atoms with E-state index in [0.29, 0.717) is 11.2 Å². The number of hydrogen-bond donors (Lipinski definition) is 1. The number of nitrogens with two attached hydrogens (primary N) is 1. The van der Waals surface area contributed by atoms with Crippen molar-refractivity contribution in [1.82, 2.24) is 15.1 Å². The Morgan fingerprint density at radius 1 is 1.38 bits per heavy atom. The number of nitrogen functional groups attached to an aromatic ring is 1. The van der Waals surface area contributed by atoms with Crippen LogP contribution in [-0.2, 0) is 0 Å². The average Bonchev–Trinajstić information content (AvgIpc) is 2.14. The van der Waals surface area contributed by atoms with Crippen LogP contribution in [0.2, 0.25) is 0 Å². The van der Waals surface area contributed by atoms with E-state index in [1.165, 1.54) is 19.6 Å². The molecule has 5 nitrogen and oxygen atoms in total. The molecule has 0 unspecified atom stereocenters. The van der Waals surface area contributed by atoms with Crippen molar-refractivity contribution in [3.8, 4) is 0 Å². The maximum absolute atomic E-state index is 5.62. The van der Waals surface area contributed by atoms with Crippen LogP contribution in [0.25, 0.3) is 0 Å². The van der Waals surface area contributed by atoms with Crippen LogP contribution in [0.3, 0.4) is 0 Å². The van der Waals surface area contributed by atoms with Crippen molar-refractivity contribution in [1.29, 1.82) is 0 Å². The number of hydrogen-bond acceptors (Lipinski definition) is 5. The molecule has 2 aliphatic rings. The molecule has 1 spiro atoms. The van der Waals surface area contributed by atoms with Crippen LogP contribution < -0.4 is 10.6 Å². The van der Waals surface area contributed by atoms with Crippen molar-refractivity contribution in [3.05, 3.63) is 12.3 Å². The zero-order valence-electron chi connectivity index (χ0n) is 9.56. The minimum absolute atomic E-state index is 0.502. The number of nitrogens with zero attached hydrogens (tertiary/aromatic N) is 4. The van der Waals surface area contributed by atoms with Gasteiger partial charge in [-0.3, -0.25) is 0 Å². The van der Waals surface area contributed by atoms with Gasteiger partial charge in [-0.25, -0.2) is 0 Å². The Labute approximate surface area is 95.2 Å². The lowest BCUT2D eigenvalue weighted by Gasteiger charge is -2.61. The Balaban J connectivity index is 1.62. The van der Waals surface area contributed by atoms with Gasteiger partial charge in [0.1, 0.15) is 5.82 Å². The first-order valence-electron chi connectivity index (χ1n) is 5.76. The van der Waals surface area contributed by atoms with E-state index in [0.717, 1.165) is 18.8 Å². The van der Waals surface area contributed by atoms with E-state index in [4.69, 9.17) is 5.73 Å². The summed E-state index contributed by atoms with van der Waals surface area (Å²) < 4.78 is 0. The Bertz CT molecular complexity index is 391. The largest absolute Gasteiger partial charge is 0.382 e. The fourth-order valence-corrected chi connectivity index (χ4v) is 2.82. The second-order valence-corrected chi connectivity index (χ2v) is 5.00. The minimum Gasteiger partial charge on any atom is -0.382 e. The van der Waals surface area contributed by atoms with Gasteiger partial charge in [0, 0.05) is 37.7 Å². The van der Waals surface area contributed by atoms with Crippen LogP contribution >= 0.6 is 0 Å². The summed E-state index contributed by atoms with van der Waals surface area (Å²) in [6, 6.07) is 1.90. The van der Waals surface area contributed by atoms with Crippen LogP contribution in [-0.4, -0.2) is 47.8 Å². The van der Waals surface area contributed by atoms with E-state index in [1.54, 1.807) is 6.20 Å². The second-order valence-electron chi connectivity index (χ2n) is 5.00. The zero-order valence-corrected chi connectivity index (χ0v) is 9.56. The van der Waals surface area contributed by atoms with Gasteiger partial charge in [-0.15, -0.1) is 5.10 Å². The highest BCUT2D eigenvalue weighted by molar-refractivity contribution is 5.53. The van der Waals surface area contributed by atoms with Gasteiger partial charge >= 0.3 is 0 Å². The summed E-state index contributed by atoms with van der Waals surface area (Å²) in [5.74, 6) is 0.502. The van der Waals surface area contributed by atoms with Gasteiger partial charge < -0.3 is 15.5 Å². The van der Waals surface area contributed by atoms with Gasteiger partial charge in [0.2, 0.25) is 0 Å². The van der Waals surface area contributed by atoms with Crippen LogP contribution in [0.15, 0.2) is 12.3 Å². The maximum atomic E-state index is 5.62. The average molecular weight is 219 g/mol. The van der Waals surface area contributed by atoms with Gasteiger partial charge in [0.25, 0.3) is 0 Å². The highest BCUT2D eigenvalue weighted by Crippen LogP contribution is 2.41. The third-order valence-electron chi connectivity index (χ3n) is 3.64. The number of aromatic nitrogens is 2. The molecule has 2 saturated heterocycles. The normalized spacial score (nSPS) is 22.9. The molecule has 0 bridgehead atoms. The molecular formula is C11H17N5. The van der Waals surface area contributed by atoms with E-state index in [9.17, 15) is 0 Å². The summed E-state index contributed by atoms with van der Waals surface area (Å²) in [6.07, 6.45) is 1.79. The van der Waals surface area contributed by atoms with Crippen molar-refractivity contribution < 1.29 is 0 Å². The monoisotopic (exact) mass is 219 g/mol. The topological polar surface area (TPSA) is 58.3 Å². The first-order valence-corrected chi connectivity index (χ1v) is 5.76. The highest BCUT2D eigenvalue weighted by Gasteiger charge is 2.51. The zero-order chi connectivity index (χ0) is 11.2. The molecule has 0 atom stereocenters. The number of rotatable bonds is 2. The summed E-state index contributed by atoms with van der Waals surface area (Å²) >= 11 is 0. The third kappa shape index (κ3) is 1.43. The molecule has 2 N–H and O–H groups in total. The lowest BCUT2D eigenvalue weighted by atomic mass is 9.72. The van der Waals surface area contributed by atoms with Gasteiger partial charge in [-0.05, 0) is 6.54 Å². The molecule has 2 fully saturated rings. The Kier molecular flexibility index (Phi) is 2.04. The second kappa shape index (κ2) is 3.31. The molecule has 0 aromatic carbocycles. The Morgan fingerprint density at radius 3 is 2.75 bits per heavy atom. The molecule has 86 valence electrons. The highest BCUT2D eigenvalue weighted by atomic mass is 15.3. The minimum atomic E-state index is 0.502. The van der Waals surface area contributed by atoms with E-state index in [2.05, 4.69) is 26.9 Å². The predicted molar refractivity (Wildman–Crippen MR) is 63.2 cm³/mol. The van der Waals surface area contributed by atoms with Crippen molar-refractivity contribution >= 4 is 11.5 Å². The molecule has 3 rings (SSSR count). The summed E-state index contributed by atoms with van der Waals surface area (Å²) in [7, 11) is 0. The predicted octanol–water partition coefficient (Wildman–Crippen LogP) is 0.201. The van der Waals surface area contributed by atoms with E-state index < -0.39 is 0 Å². The van der Waals surface area contributed by atoms with E-state index >= 15 is 0 Å². The quantitative estimate of drug-likeness (QED) is 0.770. The first kappa shape index (κ1) is 9.84. The van der Waals surface area contributed by atoms with Crippen molar-refractivity contribution in [2.24, 2.45) is 5.41 Å². The summed E-state index contributed by atoms with van der Waals surface area (Å²) in [4.78, 5) is 4.81. The van der Waals surface area contributed by atoms with E-state index in [1.807, 2.05) is 6.07 Å². The van der Waals surface area contributed by atoms with Crippen molar-refractivity contribution in [2.45, 2.75) is 6.92 Å². The maximum Gasteiger partial charge on any atom is 0.148 e. The van der Waals surface area contributed by atoms with Crippen LogP contribution in [0, 0.1) is 5.41 Å². The molecule has 0 radical (unpaired) electrons. The smallest absolute Gasteiger partial charge is 0.148 e. The number of anilines is 2. The Hall–Kier alpha value is -1.36. The first-order chi connectivity index (χ1) is 7.71.